The van der Waals surface area contributed by atoms with E-state index in [1.54, 1.807) is 0 Å². The predicted octanol–water partition coefficient (Wildman–Crippen LogP) is 4.94. The van der Waals surface area contributed by atoms with Crippen molar-refractivity contribution >= 4 is 22.7 Å². The van der Waals surface area contributed by atoms with Crippen molar-refractivity contribution in [3.63, 3.8) is 0 Å². The number of nitrogens with one attached hydrogen (secondary N) is 2. The molecule has 0 bridgehead atoms. The number of benzene rings is 2. The van der Waals surface area contributed by atoms with Crippen molar-refractivity contribution in [2.45, 2.75) is 70.4 Å². The Morgan fingerprint density at radius 2 is 1.66 bits per heavy atom. The Balaban J connectivity index is 1.25. The van der Waals surface area contributed by atoms with E-state index in [9.17, 15) is 9.59 Å². The van der Waals surface area contributed by atoms with Gasteiger partial charge in [0, 0.05) is 36.7 Å². The van der Waals surface area contributed by atoms with Crippen LogP contribution < -0.4 is 5.32 Å². The first-order chi connectivity index (χ1) is 18.5. The first-order valence-corrected chi connectivity index (χ1v) is 14.4. The highest BCUT2D eigenvalue weighted by Gasteiger charge is 2.53. The van der Waals surface area contributed by atoms with E-state index in [0.717, 1.165) is 50.8 Å². The minimum atomic E-state index is -0.739. The zero-order valence-corrected chi connectivity index (χ0v) is 22.9. The number of likely N-dealkylation sites (tertiary alicyclic amines) is 1. The fourth-order valence-corrected chi connectivity index (χ4v) is 6.35. The van der Waals surface area contributed by atoms with Gasteiger partial charge in [0.05, 0.1) is 0 Å². The largest absolute Gasteiger partial charge is 0.361 e. The van der Waals surface area contributed by atoms with E-state index >= 15 is 0 Å². The summed E-state index contributed by atoms with van der Waals surface area (Å²) >= 11 is 0. The molecule has 6 heteroatoms. The number of unbranched alkanes of at least 4 members (excludes halogenated alkanes) is 1. The molecule has 202 valence electrons. The summed E-state index contributed by atoms with van der Waals surface area (Å²) < 4.78 is 0. The number of carbonyl (C=O) groups excluding carboxylic acids is 2. The van der Waals surface area contributed by atoms with Crippen molar-refractivity contribution in [1.82, 2.24) is 20.1 Å². The van der Waals surface area contributed by atoms with Crippen LogP contribution in [0.3, 0.4) is 0 Å². The van der Waals surface area contributed by atoms with Crippen LogP contribution in [0, 0.1) is 5.92 Å². The molecule has 2 aliphatic rings. The minimum Gasteiger partial charge on any atom is -0.361 e. The number of nitrogens with zero attached hydrogens (tertiary/aromatic N) is 2. The summed E-state index contributed by atoms with van der Waals surface area (Å²) in [6.07, 6.45) is 8.28. The third-order valence-corrected chi connectivity index (χ3v) is 8.51. The van der Waals surface area contributed by atoms with Gasteiger partial charge in [0.25, 0.3) is 0 Å². The van der Waals surface area contributed by atoms with Crippen LogP contribution in [0.4, 0.5) is 0 Å². The van der Waals surface area contributed by atoms with Crippen LogP contribution >= 0.6 is 0 Å². The summed E-state index contributed by atoms with van der Waals surface area (Å²) in [5, 5.41) is 4.34. The van der Waals surface area contributed by atoms with Gasteiger partial charge in [-0.15, -0.1) is 0 Å². The average Bonchev–Trinajstić information content (AvgIpc) is 3.34. The molecule has 2 saturated heterocycles. The molecule has 0 aliphatic carbocycles. The molecule has 0 radical (unpaired) electrons. The zero-order valence-electron chi connectivity index (χ0n) is 22.9. The number of amides is 2. The summed E-state index contributed by atoms with van der Waals surface area (Å²) in [6.45, 7) is 7.53. The fourth-order valence-electron chi connectivity index (χ4n) is 6.35. The minimum absolute atomic E-state index is 0.0467. The van der Waals surface area contributed by atoms with Crippen molar-refractivity contribution in [3.8, 4) is 0 Å². The second-order valence-electron chi connectivity index (χ2n) is 11.6. The third kappa shape index (κ3) is 5.65. The molecule has 1 atom stereocenters. The quantitative estimate of drug-likeness (QED) is 0.377. The Morgan fingerprint density at radius 1 is 0.921 bits per heavy atom. The van der Waals surface area contributed by atoms with Crippen molar-refractivity contribution in [1.29, 1.82) is 0 Å². The fraction of sp³-hybridized carbons (Fsp3) is 0.500. The highest BCUT2D eigenvalue weighted by atomic mass is 16.2. The lowest BCUT2D eigenvalue weighted by Crippen LogP contribution is -2.73. The Kier molecular flexibility index (Phi) is 8.18. The topological polar surface area (TPSA) is 68.4 Å². The number of H-pyrrole nitrogens is 1. The van der Waals surface area contributed by atoms with Crippen LogP contribution in [-0.2, 0) is 22.4 Å². The number of para-hydroxylation sites is 1. The second kappa shape index (κ2) is 11.7. The molecule has 3 aromatic rings. The second-order valence-corrected chi connectivity index (χ2v) is 11.6. The molecule has 2 aromatic carbocycles. The summed E-state index contributed by atoms with van der Waals surface area (Å²) in [7, 11) is 0. The summed E-state index contributed by atoms with van der Waals surface area (Å²) in [5.41, 5.74) is 2.96. The summed E-state index contributed by atoms with van der Waals surface area (Å²) in [4.78, 5) is 35.3. The molecule has 2 fully saturated rings. The molecule has 3 heterocycles. The highest BCUT2D eigenvalue weighted by Crippen LogP contribution is 2.34. The third-order valence-electron chi connectivity index (χ3n) is 8.51. The van der Waals surface area contributed by atoms with Crippen LogP contribution in [0.1, 0.15) is 57.1 Å². The number of piperidine rings is 1. The SMILES string of the molecule is CC(C)CC1NC(=O)C2(CCN(CCCCc3ccccc3)CC2)N(CCc2c[nH]c3ccccc23)C1=O. The maximum atomic E-state index is 13.8. The van der Waals surface area contributed by atoms with Gasteiger partial charge in [-0.1, -0.05) is 62.4 Å². The molecule has 1 aromatic heterocycles. The van der Waals surface area contributed by atoms with Crippen molar-refractivity contribution < 1.29 is 9.59 Å². The van der Waals surface area contributed by atoms with Gasteiger partial charge >= 0.3 is 0 Å². The standard InChI is InChI=1S/C32H42N4O2/c1-24(2)22-29-30(37)36(19-15-26-23-33-28-14-7-6-13-27(26)28)32(31(38)34-29)16-20-35(21-17-32)18-9-8-12-25-10-4-3-5-11-25/h3-7,10-11,13-14,23-24,29,33H,8-9,12,15-22H2,1-2H3,(H,34,38). The van der Waals surface area contributed by atoms with Crippen molar-refractivity contribution in [2.75, 3.05) is 26.2 Å². The van der Waals surface area contributed by atoms with E-state index in [0.29, 0.717) is 31.7 Å². The van der Waals surface area contributed by atoms with Gasteiger partial charge in [-0.05, 0) is 74.6 Å². The van der Waals surface area contributed by atoms with E-state index in [1.807, 2.05) is 11.0 Å². The molecular formula is C32H42N4O2. The van der Waals surface area contributed by atoms with Crippen LogP contribution in [-0.4, -0.2) is 64.4 Å². The van der Waals surface area contributed by atoms with Crippen LogP contribution in [0.5, 0.6) is 0 Å². The molecule has 2 N–H and O–H groups in total. The van der Waals surface area contributed by atoms with E-state index in [2.05, 4.69) is 83.8 Å². The lowest BCUT2D eigenvalue weighted by Gasteiger charge is -2.52. The number of fused-ring (bicyclic) bond motifs is 1. The van der Waals surface area contributed by atoms with Gasteiger partial charge in [0.1, 0.15) is 11.6 Å². The normalized spacial score (nSPS) is 20.0. The molecule has 5 rings (SSSR count). The van der Waals surface area contributed by atoms with Gasteiger partial charge in [-0.25, -0.2) is 0 Å². The number of aryl methyl sites for hydroxylation is 1. The number of rotatable bonds is 10. The molecule has 6 nitrogen and oxygen atoms in total. The smallest absolute Gasteiger partial charge is 0.246 e. The maximum Gasteiger partial charge on any atom is 0.246 e. The van der Waals surface area contributed by atoms with Crippen LogP contribution in [0.2, 0.25) is 0 Å². The van der Waals surface area contributed by atoms with E-state index in [1.165, 1.54) is 16.5 Å². The number of aromatic amines is 1. The lowest BCUT2D eigenvalue weighted by molar-refractivity contribution is -0.161. The number of aromatic nitrogens is 1. The molecule has 2 amide bonds. The Bertz CT molecular complexity index is 1230. The molecule has 38 heavy (non-hydrogen) atoms. The van der Waals surface area contributed by atoms with E-state index < -0.39 is 11.6 Å². The van der Waals surface area contributed by atoms with E-state index in [4.69, 9.17) is 0 Å². The Labute approximate surface area is 226 Å². The van der Waals surface area contributed by atoms with Gasteiger partial charge < -0.3 is 20.1 Å². The number of carbonyl (C=O) groups is 2. The molecule has 2 aliphatic heterocycles. The molecule has 0 saturated carbocycles. The van der Waals surface area contributed by atoms with Crippen molar-refractivity contribution in [3.05, 3.63) is 71.9 Å². The number of hydrogen-bond acceptors (Lipinski definition) is 3. The molecule has 1 spiro atoms. The van der Waals surface area contributed by atoms with Gasteiger partial charge in [0.2, 0.25) is 11.8 Å². The number of piperazine rings is 1. The molecule has 1 unspecified atom stereocenters. The summed E-state index contributed by atoms with van der Waals surface area (Å²) in [6, 6.07) is 18.5. The van der Waals surface area contributed by atoms with Crippen molar-refractivity contribution in [2.24, 2.45) is 5.92 Å². The Morgan fingerprint density at radius 3 is 2.42 bits per heavy atom. The predicted molar refractivity (Wildman–Crippen MR) is 153 cm³/mol. The van der Waals surface area contributed by atoms with Crippen LogP contribution in [0.15, 0.2) is 60.8 Å². The van der Waals surface area contributed by atoms with E-state index in [-0.39, 0.29) is 11.8 Å². The Hall–Kier alpha value is -3.12. The first kappa shape index (κ1) is 26.5. The summed E-state index contributed by atoms with van der Waals surface area (Å²) in [5.74, 6) is 0.478. The zero-order chi connectivity index (χ0) is 26.5. The maximum absolute atomic E-state index is 13.8. The first-order valence-electron chi connectivity index (χ1n) is 14.4. The van der Waals surface area contributed by atoms with Crippen LogP contribution in [0.25, 0.3) is 10.9 Å². The van der Waals surface area contributed by atoms with Gasteiger partial charge in [-0.2, -0.15) is 0 Å². The van der Waals surface area contributed by atoms with Gasteiger partial charge in [0.15, 0.2) is 0 Å². The highest BCUT2D eigenvalue weighted by molar-refractivity contribution is 6.00. The molecular weight excluding hydrogens is 472 g/mol. The lowest BCUT2D eigenvalue weighted by atomic mass is 9.80. The van der Waals surface area contributed by atoms with Gasteiger partial charge in [-0.3, -0.25) is 9.59 Å². The number of hydrogen-bond donors (Lipinski definition) is 2. The monoisotopic (exact) mass is 514 g/mol. The average molecular weight is 515 g/mol.